The minimum atomic E-state index is -1.02. The number of carbonyl (C=O) groups excluding carboxylic acids is 1. The molecule has 0 aromatic heterocycles. The lowest BCUT2D eigenvalue weighted by Crippen LogP contribution is -2.46. The van der Waals surface area contributed by atoms with Crippen molar-refractivity contribution in [2.45, 2.75) is 52.0 Å². The molecule has 1 atom stereocenters. The summed E-state index contributed by atoms with van der Waals surface area (Å²) in [4.78, 5) is 11.5. The van der Waals surface area contributed by atoms with Crippen LogP contribution in [0.5, 0.6) is 5.75 Å². The minimum absolute atomic E-state index is 0.115. The van der Waals surface area contributed by atoms with Crippen LogP contribution in [0.3, 0.4) is 0 Å². The van der Waals surface area contributed by atoms with E-state index in [0.717, 1.165) is 11.3 Å². The van der Waals surface area contributed by atoms with Crippen LogP contribution in [0, 0.1) is 6.92 Å². The van der Waals surface area contributed by atoms with Crippen molar-refractivity contribution in [1.82, 2.24) is 0 Å². The third-order valence-electron chi connectivity index (χ3n) is 3.57. The average Bonchev–Trinajstić information content (AvgIpc) is 2.38. The molecule has 1 aromatic carbocycles. The van der Waals surface area contributed by atoms with E-state index in [4.69, 9.17) is 10.5 Å². The zero-order chi connectivity index (χ0) is 16.3. The van der Waals surface area contributed by atoms with Crippen LogP contribution in [0.4, 0.5) is 0 Å². The Hall–Kier alpha value is -1.55. The van der Waals surface area contributed by atoms with Crippen LogP contribution in [-0.2, 0) is 14.9 Å². The summed E-state index contributed by atoms with van der Waals surface area (Å²) in [5.74, 6) is 0.398. The Bertz CT molecular complexity index is 501. The summed E-state index contributed by atoms with van der Waals surface area (Å²) >= 11 is 0. The van der Waals surface area contributed by atoms with Crippen LogP contribution in [-0.4, -0.2) is 25.2 Å². The predicted molar refractivity (Wildman–Crippen MR) is 84.6 cm³/mol. The number of hydrogen-bond donors (Lipinski definition) is 1. The highest BCUT2D eigenvalue weighted by atomic mass is 16.5. The van der Waals surface area contributed by atoms with E-state index in [1.54, 1.807) is 6.92 Å². The van der Waals surface area contributed by atoms with E-state index in [2.05, 4.69) is 37.6 Å². The number of ether oxygens (including phenoxy) is 2. The Morgan fingerprint density at radius 3 is 2.33 bits per heavy atom. The van der Waals surface area contributed by atoms with Gasteiger partial charge in [0.1, 0.15) is 11.3 Å². The lowest BCUT2D eigenvalue weighted by Gasteiger charge is -2.23. The molecule has 0 saturated carbocycles. The first-order valence-electron chi connectivity index (χ1n) is 7.19. The molecule has 4 heteroatoms. The van der Waals surface area contributed by atoms with Crippen LogP contribution < -0.4 is 10.5 Å². The van der Waals surface area contributed by atoms with Gasteiger partial charge in [-0.1, -0.05) is 32.9 Å². The second-order valence-electron chi connectivity index (χ2n) is 6.74. The van der Waals surface area contributed by atoms with E-state index in [1.807, 2.05) is 13.0 Å². The number of esters is 1. The summed E-state index contributed by atoms with van der Waals surface area (Å²) in [6.45, 7) is 10.6. The van der Waals surface area contributed by atoms with Crippen LogP contribution in [0.2, 0.25) is 0 Å². The third-order valence-corrected chi connectivity index (χ3v) is 3.57. The molecule has 2 N–H and O–H groups in total. The summed E-state index contributed by atoms with van der Waals surface area (Å²) in [5, 5.41) is 0. The van der Waals surface area contributed by atoms with Gasteiger partial charge >= 0.3 is 5.97 Å². The highest BCUT2D eigenvalue weighted by Gasteiger charge is 2.29. The fraction of sp³-hybridized carbons (Fsp3) is 0.588. The normalized spacial score (nSPS) is 14.4. The van der Waals surface area contributed by atoms with Gasteiger partial charge in [-0.3, -0.25) is 4.79 Å². The molecule has 0 fully saturated rings. The van der Waals surface area contributed by atoms with Crippen molar-refractivity contribution in [3.63, 3.8) is 0 Å². The van der Waals surface area contributed by atoms with Crippen LogP contribution in [0.15, 0.2) is 18.2 Å². The van der Waals surface area contributed by atoms with Gasteiger partial charge in [0.05, 0.1) is 13.7 Å². The summed E-state index contributed by atoms with van der Waals surface area (Å²) in [6.07, 6.45) is 0.403. The number of nitrogens with two attached hydrogens (primary N) is 1. The van der Waals surface area contributed by atoms with Gasteiger partial charge in [0, 0.05) is 6.42 Å². The number of aryl methyl sites for hydroxylation is 1. The van der Waals surface area contributed by atoms with Crippen molar-refractivity contribution in [3.8, 4) is 5.75 Å². The molecule has 0 aliphatic carbocycles. The molecule has 0 aliphatic heterocycles. The monoisotopic (exact) mass is 293 g/mol. The van der Waals surface area contributed by atoms with Gasteiger partial charge in [-0.2, -0.15) is 0 Å². The van der Waals surface area contributed by atoms with E-state index in [1.165, 1.54) is 12.7 Å². The molecule has 1 aromatic rings. The number of rotatable bonds is 5. The van der Waals surface area contributed by atoms with Crippen molar-refractivity contribution < 1.29 is 14.3 Å². The zero-order valence-electron chi connectivity index (χ0n) is 13.9. The van der Waals surface area contributed by atoms with Crippen molar-refractivity contribution in [2.24, 2.45) is 5.73 Å². The van der Waals surface area contributed by atoms with Crippen molar-refractivity contribution in [3.05, 3.63) is 29.3 Å². The SMILES string of the molecule is COC(=O)C(C)(N)CCOc1ccc(C(C)(C)C)cc1C. The lowest BCUT2D eigenvalue weighted by molar-refractivity contribution is -0.146. The number of methoxy groups -OCH3 is 1. The Morgan fingerprint density at radius 1 is 1.24 bits per heavy atom. The molecule has 118 valence electrons. The smallest absolute Gasteiger partial charge is 0.325 e. The highest BCUT2D eigenvalue weighted by Crippen LogP contribution is 2.27. The molecule has 21 heavy (non-hydrogen) atoms. The molecule has 1 unspecified atom stereocenters. The predicted octanol–water partition coefficient (Wildman–Crippen LogP) is 2.95. The van der Waals surface area contributed by atoms with Crippen LogP contribution in [0.25, 0.3) is 0 Å². The fourth-order valence-corrected chi connectivity index (χ4v) is 1.99. The van der Waals surface area contributed by atoms with Gasteiger partial charge in [-0.25, -0.2) is 0 Å². The van der Waals surface area contributed by atoms with Crippen LogP contribution in [0.1, 0.15) is 45.2 Å². The largest absolute Gasteiger partial charge is 0.493 e. The number of hydrogen-bond acceptors (Lipinski definition) is 4. The third kappa shape index (κ3) is 4.74. The van der Waals surface area contributed by atoms with Gasteiger partial charge in [-0.05, 0) is 36.5 Å². The molecule has 0 spiro atoms. The van der Waals surface area contributed by atoms with Gasteiger partial charge < -0.3 is 15.2 Å². The van der Waals surface area contributed by atoms with Crippen molar-refractivity contribution >= 4 is 5.97 Å². The van der Waals surface area contributed by atoms with E-state index in [0.29, 0.717) is 13.0 Å². The first kappa shape index (κ1) is 17.5. The topological polar surface area (TPSA) is 61.5 Å². The number of benzene rings is 1. The van der Waals surface area contributed by atoms with Gasteiger partial charge in [0.15, 0.2) is 0 Å². The van der Waals surface area contributed by atoms with Gasteiger partial charge in [0.25, 0.3) is 0 Å². The fourth-order valence-electron chi connectivity index (χ4n) is 1.99. The molecule has 0 aliphatic rings. The molecular formula is C17H27NO3. The first-order chi connectivity index (χ1) is 9.58. The first-order valence-corrected chi connectivity index (χ1v) is 7.19. The molecule has 0 amide bonds. The summed E-state index contributed by atoms with van der Waals surface area (Å²) in [7, 11) is 1.34. The second kappa shape index (κ2) is 6.48. The molecule has 4 nitrogen and oxygen atoms in total. The van der Waals surface area contributed by atoms with Crippen molar-refractivity contribution in [1.29, 1.82) is 0 Å². The van der Waals surface area contributed by atoms with E-state index in [9.17, 15) is 4.79 Å². The second-order valence-corrected chi connectivity index (χ2v) is 6.74. The summed E-state index contributed by atoms with van der Waals surface area (Å²) in [6, 6.07) is 6.18. The molecule has 0 bridgehead atoms. The minimum Gasteiger partial charge on any atom is -0.493 e. The number of carbonyl (C=O) groups is 1. The standard InChI is InChI=1S/C17H27NO3/c1-12-11-13(16(2,3)4)7-8-14(12)21-10-9-17(5,18)15(19)20-6/h7-8,11H,9-10,18H2,1-6H3. The van der Waals surface area contributed by atoms with Gasteiger partial charge in [-0.15, -0.1) is 0 Å². The maximum Gasteiger partial charge on any atom is 0.325 e. The summed E-state index contributed by atoms with van der Waals surface area (Å²) < 4.78 is 10.4. The summed E-state index contributed by atoms with van der Waals surface area (Å²) in [5.41, 5.74) is 7.35. The van der Waals surface area contributed by atoms with E-state index >= 15 is 0 Å². The van der Waals surface area contributed by atoms with E-state index < -0.39 is 11.5 Å². The van der Waals surface area contributed by atoms with Crippen molar-refractivity contribution in [2.75, 3.05) is 13.7 Å². The quantitative estimate of drug-likeness (QED) is 0.848. The average molecular weight is 293 g/mol. The maximum absolute atomic E-state index is 11.5. The Kier molecular flexibility index (Phi) is 5.40. The molecule has 0 saturated heterocycles. The lowest BCUT2D eigenvalue weighted by atomic mass is 9.86. The molecule has 1 rings (SSSR count). The molecule has 0 radical (unpaired) electrons. The molecular weight excluding hydrogens is 266 g/mol. The van der Waals surface area contributed by atoms with Crippen LogP contribution >= 0.6 is 0 Å². The van der Waals surface area contributed by atoms with Gasteiger partial charge in [0.2, 0.25) is 0 Å². The Balaban J connectivity index is 2.67. The Labute approximate surface area is 127 Å². The molecule has 0 heterocycles. The Morgan fingerprint density at radius 2 is 1.86 bits per heavy atom. The van der Waals surface area contributed by atoms with E-state index in [-0.39, 0.29) is 5.41 Å². The highest BCUT2D eigenvalue weighted by molar-refractivity contribution is 5.79. The maximum atomic E-state index is 11.5. The zero-order valence-corrected chi connectivity index (χ0v) is 13.9.